The average molecular weight is 327 g/mol. The molecule has 0 saturated carbocycles. The molecule has 0 spiro atoms. The van der Waals surface area contributed by atoms with E-state index in [2.05, 4.69) is 15.3 Å². The third-order valence-corrected chi connectivity index (χ3v) is 4.21. The minimum Gasteiger partial charge on any atom is -0.351 e. The molecular weight excluding hydrogens is 306 g/mol. The first-order valence-corrected chi connectivity index (χ1v) is 8.23. The van der Waals surface area contributed by atoms with E-state index in [0.29, 0.717) is 5.82 Å². The molecule has 126 valence electrons. The van der Waals surface area contributed by atoms with Crippen LogP contribution in [-0.2, 0) is 0 Å². The summed E-state index contributed by atoms with van der Waals surface area (Å²) >= 11 is 0. The molecule has 2 heterocycles. The van der Waals surface area contributed by atoms with Crippen molar-refractivity contribution in [2.75, 3.05) is 23.3 Å². The summed E-state index contributed by atoms with van der Waals surface area (Å²) in [7, 11) is 0. The number of hydrogen-bond donors (Lipinski definition) is 1. The Kier molecular flexibility index (Phi) is 4.88. The molecule has 0 bridgehead atoms. The van der Waals surface area contributed by atoms with Gasteiger partial charge in [0.15, 0.2) is 0 Å². The van der Waals surface area contributed by atoms with E-state index in [-0.39, 0.29) is 11.5 Å². The van der Waals surface area contributed by atoms with Crippen LogP contribution in [0.15, 0.2) is 30.6 Å². The van der Waals surface area contributed by atoms with Gasteiger partial charge in [0.05, 0.1) is 4.92 Å². The Hall–Kier alpha value is -2.70. The Balaban J connectivity index is 1.95. The molecule has 1 aromatic carbocycles. The summed E-state index contributed by atoms with van der Waals surface area (Å²) in [6.07, 6.45) is 5.77. The second kappa shape index (κ2) is 7.25. The number of aromatic nitrogens is 2. The standard InChI is InChI=1S/C17H21N5O2/c1-13-6-8-14(9-7-13)20-16-15(22(23)24)17(19-12-18-16)21-10-4-2-3-5-11-21/h6-9,12H,2-5,10-11H2,1H3,(H,18,19,20). The summed E-state index contributed by atoms with van der Waals surface area (Å²) in [6.45, 7) is 3.58. The molecule has 1 fully saturated rings. The van der Waals surface area contributed by atoms with Crippen LogP contribution in [0.3, 0.4) is 0 Å². The highest BCUT2D eigenvalue weighted by Crippen LogP contribution is 2.34. The van der Waals surface area contributed by atoms with Crippen molar-refractivity contribution in [2.24, 2.45) is 0 Å². The van der Waals surface area contributed by atoms with Crippen LogP contribution in [-0.4, -0.2) is 28.0 Å². The summed E-state index contributed by atoms with van der Waals surface area (Å²) in [4.78, 5) is 21.6. The minimum absolute atomic E-state index is 0.0556. The van der Waals surface area contributed by atoms with Gasteiger partial charge in [-0.15, -0.1) is 0 Å². The Morgan fingerprint density at radius 2 is 1.75 bits per heavy atom. The number of anilines is 3. The van der Waals surface area contributed by atoms with Crippen molar-refractivity contribution in [3.63, 3.8) is 0 Å². The third-order valence-electron chi connectivity index (χ3n) is 4.21. The van der Waals surface area contributed by atoms with Gasteiger partial charge in [-0.2, -0.15) is 0 Å². The van der Waals surface area contributed by atoms with Gasteiger partial charge in [-0.05, 0) is 31.9 Å². The zero-order valence-corrected chi connectivity index (χ0v) is 13.7. The number of nitrogens with one attached hydrogen (secondary N) is 1. The number of aryl methyl sites for hydroxylation is 1. The Bertz CT molecular complexity index is 709. The van der Waals surface area contributed by atoms with Gasteiger partial charge in [0.1, 0.15) is 6.33 Å². The molecule has 0 atom stereocenters. The van der Waals surface area contributed by atoms with E-state index >= 15 is 0 Å². The molecule has 1 N–H and O–H groups in total. The summed E-state index contributed by atoms with van der Waals surface area (Å²) in [5.74, 6) is 0.643. The maximum absolute atomic E-state index is 11.7. The first-order valence-electron chi connectivity index (χ1n) is 8.23. The Morgan fingerprint density at radius 3 is 2.38 bits per heavy atom. The summed E-state index contributed by atoms with van der Waals surface area (Å²) in [5, 5.41) is 14.7. The van der Waals surface area contributed by atoms with E-state index in [9.17, 15) is 10.1 Å². The maximum atomic E-state index is 11.7. The quantitative estimate of drug-likeness (QED) is 0.679. The SMILES string of the molecule is Cc1ccc(Nc2ncnc(N3CCCCCC3)c2[N+](=O)[O-])cc1. The lowest BCUT2D eigenvalue weighted by atomic mass is 10.2. The fourth-order valence-corrected chi connectivity index (χ4v) is 2.92. The summed E-state index contributed by atoms with van der Waals surface area (Å²) in [6, 6.07) is 7.66. The molecule has 2 aromatic rings. The van der Waals surface area contributed by atoms with Gasteiger partial charge < -0.3 is 10.2 Å². The maximum Gasteiger partial charge on any atom is 0.353 e. The molecule has 1 aliphatic rings. The average Bonchev–Trinajstić information content (AvgIpc) is 2.86. The van der Waals surface area contributed by atoms with Crippen LogP contribution in [0.5, 0.6) is 0 Å². The number of nitro groups is 1. The van der Waals surface area contributed by atoms with Crippen molar-refractivity contribution in [3.8, 4) is 0 Å². The van der Waals surface area contributed by atoms with Crippen molar-refractivity contribution in [1.82, 2.24) is 9.97 Å². The summed E-state index contributed by atoms with van der Waals surface area (Å²) < 4.78 is 0. The molecule has 0 radical (unpaired) electrons. The van der Waals surface area contributed by atoms with Gasteiger partial charge in [-0.25, -0.2) is 9.97 Å². The van der Waals surface area contributed by atoms with E-state index in [1.807, 2.05) is 36.1 Å². The van der Waals surface area contributed by atoms with E-state index < -0.39 is 4.92 Å². The zero-order chi connectivity index (χ0) is 16.9. The summed E-state index contributed by atoms with van der Waals surface area (Å²) in [5.41, 5.74) is 1.84. The molecule has 1 saturated heterocycles. The number of rotatable bonds is 4. The van der Waals surface area contributed by atoms with Gasteiger partial charge in [0.25, 0.3) is 0 Å². The van der Waals surface area contributed by atoms with Crippen molar-refractivity contribution in [1.29, 1.82) is 0 Å². The largest absolute Gasteiger partial charge is 0.353 e. The molecule has 0 amide bonds. The monoisotopic (exact) mass is 327 g/mol. The van der Waals surface area contributed by atoms with Crippen LogP contribution in [0.4, 0.5) is 23.0 Å². The van der Waals surface area contributed by atoms with Gasteiger partial charge >= 0.3 is 5.69 Å². The van der Waals surface area contributed by atoms with Crippen LogP contribution >= 0.6 is 0 Å². The van der Waals surface area contributed by atoms with Crippen molar-refractivity contribution < 1.29 is 4.92 Å². The molecule has 7 nitrogen and oxygen atoms in total. The van der Waals surface area contributed by atoms with E-state index in [1.165, 1.54) is 6.33 Å². The fourth-order valence-electron chi connectivity index (χ4n) is 2.92. The smallest absolute Gasteiger partial charge is 0.351 e. The number of nitrogens with zero attached hydrogens (tertiary/aromatic N) is 4. The highest BCUT2D eigenvalue weighted by atomic mass is 16.6. The van der Waals surface area contributed by atoms with Crippen molar-refractivity contribution in [2.45, 2.75) is 32.6 Å². The topological polar surface area (TPSA) is 84.2 Å². The first-order chi connectivity index (χ1) is 11.6. The van der Waals surface area contributed by atoms with Gasteiger partial charge in [-0.1, -0.05) is 30.5 Å². The Morgan fingerprint density at radius 1 is 1.08 bits per heavy atom. The lowest BCUT2D eigenvalue weighted by Crippen LogP contribution is -2.26. The number of hydrogen-bond acceptors (Lipinski definition) is 6. The normalized spacial score (nSPS) is 15.0. The first kappa shape index (κ1) is 16.2. The molecule has 3 rings (SSSR count). The van der Waals surface area contributed by atoms with Crippen LogP contribution in [0.2, 0.25) is 0 Å². The van der Waals surface area contributed by atoms with E-state index in [4.69, 9.17) is 0 Å². The molecule has 1 aromatic heterocycles. The highest BCUT2D eigenvalue weighted by Gasteiger charge is 2.27. The fraction of sp³-hybridized carbons (Fsp3) is 0.412. The lowest BCUT2D eigenvalue weighted by Gasteiger charge is -2.21. The molecule has 1 aliphatic heterocycles. The molecule has 0 aliphatic carbocycles. The molecule has 24 heavy (non-hydrogen) atoms. The lowest BCUT2D eigenvalue weighted by molar-refractivity contribution is -0.383. The predicted molar refractivity (Wildman–Crippen MR) is 93.8 cm³/mol. The minimum atomic E-state index is -0.392. The van der Waals surface area contributed by atoms with Gasteiger partial charge in [0, 0.05) is 18.8 Å². The zero-order valence-electron chi connectivity index (χ0n) is 13.7. The molecule has 0 unspecified atom stereocenters. The van der Waals surface area contributed by atoms with Crippen LogP contribution in [0.1, 0.15) is 31.2 Å². The van der Waals surface area contributed by atoms with Crippen LogP contribution in [0, 0.1) is 17.0 Å². The molecule has 7 heteroatoms. The van der Waals surface area contributed by atoms with Crippen LogP contribution in [0.25, 0.3) is 0 Å². The van der Waals surface area contributed by atoms with Crippen LogP contribution < -0.4 is 10.2 Å². The third kappa shape index (κ3) is 3.61. The van der Waals surface area contributed by atoms with Crippen molar-refractivity contribution in [3.05, 3.63) is 46.3 Å². The highest BCUT2D eigenvalue weighted by molar-refractivity contribution is 5.74. The Labute approximate surface area is 140 Å². The van der Waals surface area contributed by atoms with Crippen molar-refractivity contribution >= 4 is 23.0 Å². The van der Waals surface area contributed by atoms with Gasteiger partial charge in [-0.3, -0.25) is 10.1 Å². The second-order valence-corrected chi connectivity index (χ2v) is 6.04. The van der Waals surface area contributed by atoms with E-state index in [1.54, 1.807) is 0 Å². The van der Waals surface area contributed by atoms with Gasteiger partial charge in [0.2, 0.25) is 11.6 Å². The number of benzene rings is 1. The second-order valence-electron chi connectivity index (χ2n) is 6.04. The van der Waals surface area contributed by atoms with E-state index in [0.717, 1.165) is 50.0 Å². The predicted octanol–water partition coefficient (Wildman–Crippen LogP) is 3.82. The molecular formula is C17H21N5O2.